The van der Waals surface area contributed by atoms with Crippen molar-refractivity contribution in [1.82, 2.24) is 20.8 Å². The normalized spacial score (nSPS) is 11.0. The van der Waals surface area contributed by atoms with Gasteiger partial charge in [0.15, 0.2) is 6.61 Å². The van der Waals surface area contributed by atoms with Gasteiger partial charge in [0.2, 0.25) is 5.82 Å². The summed E-state index contributed by atoms with van der Waals surface area (Å²) in [6.07, 6.45) is -4.53. The van der Waals surface area contributed by atoms with Crippen molar-refractivity contribution in [3.63, 3.8) is 0 Å². The lowest BCUT2D eigenvalue weighted by Gasteiger charge is -2.10. The molecule has 178 valence electrons. The minimum Gasteiger partial charge on any atom is -0.484 e. The summed E-state index contributed by atoms with van der Waals surface area (Å²) in [7, 11) is 0. The van der Waals surface area contributed by atoms with Crippen LogP contribution in [0.3, 0.4) is 0 Å². The summed E-state index contributed by atoms with van der Waals surface area (Å²) in [5.41, 5.74) is -0.797. The molecule has 3 aromatic rings. The molecule has 0 spiro atoms. The fraction of sp³-hybridized carbons (Fsp3) is 0.200. The van der Waals surface area contributed by atoms with Gasteiger partial charge in [0.1, 0.15) is 5.75 Å². The Labute approximate surface area is 189 Å². The molecule has 0 unspecified atom stereocenters. The molecular formula is C20H16F3N5O6. The third-order valence-corrected chi connectivity index (χ3v) is 4.20. The van der Waals surface area contributed by atoms with Gasteiger partial charge in [0.05, 0.1) is 10.5 Å². The van der Waals surface area contributed by atoms with Crippen molar-refractivity contribution < 1.29 is 36.9 Å². The second kappa shape index (κ2) is 10.4. The summed E-state index contributed by atoms with van der Waals surface area (Å²) >= 11 is 0. The largest absolute Gasteiger partial charge is 0.484 e. The number of amides is 2. The van der Waals surface area contributed by atoms with E-state index in [1.807, 2.05) is 0 Å². The Hall–Kier alpha value is -4.49. The molecule has 2 aromatic carbocycles. The number of aromatic nitrogens is 2. The Kier molecular flexibility index (Phi) is 7.40. The van der Waals surface area contributed by atoms with E-state index in [-0.39, 0.29) is 41.8 Å². The van der Waals surface area contributed by atoms with Gasteiger partial charge >= 0.3 is 18.0 Å². The lowest BCUT2D eigenvalue weighted by atomic mass is 10.2. The number of carbonyl (C=O) groups excluding carboxylic acids is 2. The van der Waals surface area contributed by atoms with E-state index in [0.29, 0.717) is 0 Å². The number of halogens is 3. The summed E-state index contributed by atoms with van der Waals surface area (Å²) < 4.78 is 47.9. The number of rotatable bonds is 9. The van der Waals surface area contributed by atoms with Crippen LogP contribution in [-0.4, -0.2) is 46.6 Å². The molecule has 0 aliphatic heterocycles. The van der Waals surface area contributed by atoms with E-state index in [1.165, 1.54) is 30.3 Å². The monoisotopic (exact) mass is 479 g/mol. The summed E-state index contributed by atoms with van der Waals surface area (Å²) in [6.45, 7) is -0.559. The highest BCUT2D eigenvalue weighted by molar-refractivity contribution is 5.90. The molecule has 0 saturated heterocycles. The molecule has 11 nitrogen and oxygen atoms in total. The molecule has 14 heteroatoms. The number of nitrogens with zero attached hydrogens (tertiary/aromatic N) is 3. The standard InChI is InChI=1S/C20H16F3N5O6/c21-20(22,23)13-4-2-6-15(10-13)33-11-16(29)24-7-8-25-18(30)19-26-17(27-34-19)12-3-1-5-14(9-12)28(31)32/h1-6,9-10H,7-8,11H2,(H,24,29)(H,25,30). The number of nitro groups is 1. The maximum atomic E-state index is 12.7. The van der Waals surface area contributed by atoms with E-state index in [2.05, 4.69) is 20.8 Å². The molecule has 1 aromatic heterocycles. The summed E-state index contributed by atoms with van der Waals surface area (Å²) in [4.78, 5) is 38.0. The molecule has 2 amide bonds. The molecular weight excluding hydrogens is 463 g/mol. The zero-order chi connectivity index (χ0) is 24.7. The van der Waals surface area contributed by atoms with Crippen molar-refractivity contribution in [1.29, 1.82) is 0 Å². The minimum atomic E-state index is -4.53. The van der Waals surface area contributed by atoms with Crippen molar-refractivity contribution in [2.75, 3.05) is 19.7 Å². The maximum Gasteiger partial charge on any atom is 0.416 e. The van der Waals surface area contributed by atoms with Crippen LogP contribution < -0.4 is 15.4 Å². The maximum absolute atomic E-state index is 12.7. The molecule has 3 rings (SSSR count). The highest BCUT2D eigenvalue weighted by Crippen LogP contribution is 2.31. The Balaban J connectivity index is 1.42. The fourth-order valence-corrected chi connectivity index (χ4v) is 2.61. The topological polar surface area (TPSA) is 149 Å². The first kappa shape index (κ1) is 24.2. The molecule has 2 N–H and O–H groups in total. The van der Waals surface area contributed by atoms with Gasteiger partial charge in [-0.1, -0.05) is 23.4 Å². The second-order valence-electron chi connectivity index (χ2n) is 6.65. The van der Waals surface area contributed by atoms with E-state index in [1.54, 1.807) is 0 Å². The lowest BCUT2D eigenvalue weighted by Crippen LogP contribution is -2.36. The van der Waals surface area contributed by atoms with Gasteiger partial charge < -0.3 is 19.9 Å². The first-order valence-corrected chi connectivity index (χ1v) is 9.57. The molecule has 0 aliphatic rings. The molecule has 0 radical (unpaired) electrons. The van der Waals surface area contributed by atoms with Crippen LogP contribution in [0, 0.1) is 10.1 Å². The van der Waals surface area contributed by atoms with Crippen molar-refractivity contribution in [3.8, 4) is 17.1 Å². The first-order valence-electron chi connectivity index (χ1n) is 9.57. The quantitative estimate of drug-likeness (QED) is 0.270. The lowest BCUT2D eigenvalue weighted by molar-refractivity contribution is -0.384. The summed E-state index contributed by atoms with van der Waals surface area (Å²) in [5, 5.41) is 19.3. The molecule has 1 heterocycles. The number of hydrogen-bond acceptors (Lipinski definition) is 8. The van der Waals surface area contributed by atoms with Crippen molar-refractivity contribution in [2.24, 2.45) is 0 Å². The molecule has 0 aliphatic carbocycles. The number of nitro benzene ring substituents is 1. The van der Waals surface area contributed by atoms with Gasteiger partial charge in [0, 0.05) is 30.8 Å². The molecule has 0 fully saturated rings. The number of ether oxygens (including phenoxy) is 1. The van der Waals surface area contributed by atoms with E-state index < -0.39 is 35.1 Å². The van der Waals surface area contributed by atoms with E-state index >= 15 is 0 Å². The number of nitrogens with one attached hydrogen (secondary N) is 2. The van der Waals surface area contributed by atoms with Crippen molar-refractivity contribution in [2.45, 2.75) is 6.18 Å². The highest BCUT2D eigenvalue weighted by atomic mass is 19.4. The van der Waals surface area contributed by atoms with Crippen LogP contribution in [0.25, 0.3) is 11.4 Å². The SMILES string of the molecule is O=C(COc1cccc(C(F)(F)F)c1)NCCNC(=O)c1nc(-c2cccc([N+](=O)[O-])c2)no1. The molecule has 0 bridgehead atoms. The predicted octanol–water partition coefficient (Wildman–Crippen LogP) is 2.59. The van der Waals surface area contributed by atoms with Gasteiger partial charge in [-0.25, -0.2) is 0 Å². The van der Waals surface area contributed by atoms with Crippen LogP contribution >= 0.6 is 0 Å². The Morgan fingerprint density at radius 1 is 1.09 bits per heavy atom. The zero-order valence-corrected chi connectivity index (χ0v) is 17.2. The number of hydrogen-bond donors (Lipinski definition) is 2. The van der Waals surface area contributed by atoms with Gasteiger partial charge in [-0.05, 0) is 18.2 Å². The zero-order valence-electron chi connectivity index (χ0n) is 17.2. The van der Waals surface area contributed by atoms with Gasteiger partial charge in [-0.2, -0.15) is 18.2 Å². The Morgan fingerprint density at radius 2 is 1.82 bits per heavy atom. The van der Waals surface area contributed by atoms with Gasteiger partial charge in [0.25, 0.3) is 11.6 Å². The van der Waals surface area contributed by atoms with E-state index in [0.717, 1.165) is 18.2 Å². The number of non-ortho nitro benzene ring substituents is 1. The number of alkyl halides is 3. The summed E-state index contributed by atoms with van der Waals surface area (Å²) in [6, 6.07) is 9.56. The van der Waals surface area contributed by atoms with Crippen molar-refractivity contribution >= 4 is 17.5 Å². The second-order valence-corrected chi connectivity index (χ2v) is 6.65. The smallest absolute Gasteiger partial charge is 0.416 e. The number of carbonyl (C=O) groups is 2. The minimum absolute atomic E-state index is 0.0115. The van der Waals surface area contributed by atoms with Crippen LogP contribution in [-0.2, 0) is 11.0 Å². The average molecular weight is 479 g/mol. The third kappa shape index (κ3) is 6.51. The Bertz CT molecular complexity index is 1200. The first-order chi connectivity index (χ1) is 16.1. The van der Waals surface area contributed by atoms with Crippen molar-refractivity contribution in [3.05, 3.63) is 70.1 Å². The highest BCUT2D eigenvalue weighted by Gasteiger charge is 2.30. The van der Waals surface area contributed by atoms with Crippen LogP contribution in [0.1, 0.15) is 16.2 Å². The van der Waals surface area contributed by atoms with Crippen LogP contribution in [0.2, 0.25) is 0 Å². The van der Waals surface area contributed by atoms with Crippen LogP contribution in [0.4, 0.5) is 18.9 Å². The fourth-order valence-electron chi connectivity index (χ4n) is 2.61. The molecule has 34 heavy (non-hydrogen) atoms. The van der Waals surface area contributed by atoms with E-state index in [9.17, 15) is 32.9 Å². The van der Waals surface area contributed by atoms with Crippen LogP contribution in [0.5, 0.6) is 5.75 Å². The van der Waals surface area contributed by atoms with Crippen LogP contribution in [0.15, 0.2) is 53.1 Å². The molecule has 0 saturated carbocycles. The predicted molar refractivity (Wildman–Crippen MR) is 109 cm³/mol. The Morgan fingerprint density at radius 3 is 2.56 bits per heavy atom. The average Bonchev–Trinajstić information content (AvgIpc) is 3.31. The van der Waals surface area contributed by atoms with Gasteiger partial charge in [-0.3, -0.25) is 19.7 Å². The molecule has 0 atom stereocenters. The third-order valence-electron chi connectivity index (χ3n) is 4.20. The summed E-state index contributed by atoms with van der Waals surface area (Å²) in [5.74, 6) is -1.88. The number of benzene rings is 2. The van der Waals surface area contributed by atoms with E-state index in [4.69, 9.17) is 9.26 Å². The van der Waals surface area contributed by atoms with Gasteiger partial charge in [-0.15, -0.1) is 0 Å².